The van der Waals surface area contributed by atoms with Gasteiger partial charge < -0.3 is 10.0 Å². The Morgan fingerprint density at radius 3 is 2.82 bits per heavy atom. The average Bonchev–Trinajstić information content (AvgIpc) is 2.68. The van der Waals surface area contributed by atoms with Crippen LogP contribution in [0.4, 0.5) is 0 Å². The Morgan fingerprint density at radius 1 is 1.59 bits per heavy atom. The summed E-state index contributed by atoms with van der Waals surface area (Å²) < 4.78 is 0. The molecule has 94 valence electrons. The van der Waals surface area contributed by atoms with E-state index in [1.54, 1.807) is 36.3 Å². The molecule has 4 heteroatoms. The van der Waals surface area contributed by atoms with Gasteiger partial charge in [0.1, 0.15) is 0 Å². The predicted molar refractivity (Wildman–Crippen MR) is 72.0 cm³/mol. The zero-order valence-electron chi connectivity index (χ0n) is 10.5. The fraction of sp³-hybridized carbons (Fsp3) is 0.462. The largest absolute Gasteiger partial charge is 0.393 e. The van der Waals surface area contributed by atoms with Gasteiger partial charge in [0, 0.05) is 29.4 Å². The van der Waals surface area contributed by atoms with E-state index in [2.05, 4.69) is 0 Å². The molecule has 0 fully saturated rings. The quantitative estimate of drug-likeness (QED) is 0.818. The van der Waals surface area contributed by atoms with E-state index >= 15 is 0 Å². The van der Waals surface area contributed by atoms with Crippen molar-refractivity contribution in [3.05, 3.63) is 28.0 Å². The zero-order valence-corrected chi connectivity index (χ0v) is 11.3. The summed E-state index contributed by atoms with van der Waals surface area (Å²) in [5, 5.41) is 9.14. The van der Waals surface area contributed by atoms with Gasteiger partial charge in [-0.1, -0.05) is 0 Å². The number of rotatable bonds is 5. The number of hydrogen-bond acceptors (Lipinski definition) is 3. The van der Waals surface area contributed by atoms with Gasteiger partial charge in [-0.2, -0.15) is 0 Å². The summed E-state index contributed by atoms with van der Waals surface area (Å²) in [6.45, 7) is 4.34. The first-order chi connectivity index (χ1) is 7.99. The van der Waals surface area contributed by atoms with Crippen LogP contribution in [0.5, 0.6) is 0 Å². The van der Waals surface area contributed by atoms with Crippen molar-refractivity contribution < 1.29 is 9.90 Å². The molecule has 1 aromatic heterocycles. The van der Waals surface area contributed by atoms with E-state index in [9.17, 15) is 4.79 Å². The molecule has 1 heterocycles. The average molecular weight is 253 g/mol. The highest BCUT2D eigenvalue weighted by Gasteiger charge is 2.06. The first kappa shape index (κ1) is 13.9. The Labute approximate surface area is 106 Å². The summed E-state index contributed by atoms with van der Waals surface area (Å²) in [5.41, 5.74) is 0. The smallest absolute Gasteiger partial charge is 0.246 e. The molecule has 1 N–H and O–H groups in total. The Balaban J connectivity index is 2.45. The number of carbonyl (C=O) groups is 1. The van der Waals surface area contributed by atoms with Gasteiger partial charge in [-0.05, 0) is 38.5 Å². The highest BCUT2D eigenvalue weighted by atomic mass is 32.1. The van der Waals surface area contributed by atoms with E-state index < -0.39 is 0 Å². The van der Waals surface area contributed by atoms with Gasteiger partial charge in [-0.15, -0.1) is 11.3 Å². The Hall–Kier alpha value is -1.13. The number of carbonyl (C=O) groups excluding carboxylic acids is 1. The molecule has 3 nitrogen and oxygen atoms in total. The van der Waals surface area contributed by atoms with Crippen molar-refractivity contribution >= 4 is 23.3 Å². The molecule has 0 aliphatic heterocycles. The number of nitrogens with zero attached hydrogens (tertiary/aromatic N) is 1. The summed E-state index contributed by atoms with van der Waals surface area (Å²) in [7, 11) is 1.74. The van der Waals surface area contributed by atoms with Crippen LogP contribution in [-0.4, -0.2) is 35.6 Å². The number of aliphatic hydroxyl groups is 1. The maximum atomic E-state index is 11.7. The number of likely N-dealkylation sites (N-methyl/N-ethyl adjacent to an activating group) is 1. The van der Waals surface area contributed by atoms with Crippen LogP contribution in [-0.2, 0) is 4.79 Å². The molecule has 0 aromatic carbocycles. The standard InChI is InChI=1S/C13H19NO2S/c1-10(15)8-9-14(3)13(16)7-6-12-5-4-11(2)17-12/h4-7,10,15H,8-9H2,1-3H3/b7-6+. The third-order valence-electron chi connectivity index (χ3n) is 2.41. The van der Waals surface area contributed by atoms with E-state index in [0.717, 1.165) is 4.88 Å². The van der Waals surface area contributed by atoms with Gasteiger partial charge in [0.15, 0.2) is 0 Å². The first-order valence-electron chi connectivity index (χ1n) is 5.66. The summed E-state index contributed by atoms with van der Waals surface area (Å²) >= 11 is 1.66. The number of hydrogen-bond donors (Lipinski definition) is 1. The highest BCUT2D eigenvalue weighted by Crippen LogP contribution is 2.16. The zero-order chi connectivity index (χ0) is 12.8. The summed E-state index contributed by atoms with van der Waals surface area (Å²) in [4.78, 5) is 15.6. The lowest BCUT2D eigenvalue weighted by atomic mass is 10.2. The Kier molecular flexibility index (Phi) is 5.38. The van der Waals surface area contributed by atoms with Crippen molar-refractivity contribution in [2.45, 2.75) is 26.4 Å². The molecular formula is C13H19NO2S. The van der Waals surface area contributed by atoms with Crippen LogP contribution in [0, 0.1) is 6.92 Å². The van der Waals surface area contributed by atoms with Crippen LogP contribution in [0.2, 0.25) is 0 Å². The molecule has 0 saturated carbocycles. The van der Waals surface area contributed by atoms with Crippen molar-refractivity contribution in [2.24, 2.45) is 0 Å². The highest BCUT2D eigenvalue weighted by molar-refractivity contribution is 7.12. The molecule has 0 aliphatic rings. The summed E-state index contributed by atoms with van der Waals surface area (Å²) in [6.07, 6.45) is 3.65. The minimum atomic E-state index is -0.367. The monoisotopic (exact) mass is 253 g/mol. The number of thiophene rings is 1. The third kappa shape index (κ3) is 5.15. The van der Waals surface area contributed by atoms with Crippen LogP contribution >= 0.6 is 11.3 Å². The molecule has 0 radical (unpaired) electrons. The lowest BCUT2D eigenvalue weighted by Crippen LogP contribution is -2.27. The second-order valence-corrected chi connectivity index (χ2v) is 5.50. The maximum Gasteiger partial charge on any atom is 0.246 e. The van der Waals surface area contributed by atoms with Crippen LogP contribution in [0.25, 0.3) is 6.08 Å². The van der Waals surface area contributed by atoms with Crippen molar-refractivity contribution in [3.8, 4) is 0 Å². The molecule has 0 bridgehead atoms. The molecule has 1 rings (SSSR count). The van der Waals surface area contributed by atoms with E-state index in [-0.39, 0.29) is 12.0 Å². The Morgan fingerprint density at radius 2 is 2.29 bits per heavy atom. The van der Waals surface area contributed by atoms with Gasteiger partial charge in [-0.25, -0.2) is 0 Å². The minimum absolute atomic E-state index is 0.0308. The third-order valence-corrected chi connectivity index (χ3v) is 3.38. The molecule has 17 heavy (non-hydrogen) atoms. The lowest BCUT2D eigenvalue weighted by molar-refractivity contribution is -0.124. The van der Waals surface area contributed by atoms with Crippen molar-refractivity contribution in [2.75, 3.05) is 13.6 Å². The van der Waals surface area contributed by atoms with Crippen molar-refractivity contribution in [1.29, 1.82) is 0 Å². The maximum absolute atomic E-state index is 11.7. The fourth-order valence-electron chi connectivity index (χ4n) is 1.31. The lowest BCUT2D eigenvalue weighted by Gasteiger charge is -2.15. The predicted octanol–water partition coefficient (Wildman–Crippen LogP) is 2.30. The van der Waals surface area contributed by atoms with Gasteiger partial charge >= 0.3 is 0 Å². The van der Waals surface area contributed by atoms with Gasteiger partial charge in [-0.3, -0.25) is 4.79 Å². The normalized spacial score (nSPS) is 12.9. The SMILES string of the molecule is Cc1ccc(/C=C/C(=O)N(C)CCC(C)O)s1. The summed E-state index contributed by atoms with van der Waals surface area (Å²) in [6, 6.07) is 4.03. The van der Waals surface area contributed by atoms with Crippen molar-refractivity contribution in [3.63, 3.8) is 0 Å². The van der Waals surface area contributed by atoms with E-state index in [1.165, 1.54) is 4.88 Å². The van der Waals surface area contributed by atoms with Gasteiger partial charge in [0.2, 0.25) is 5.91 Å². The molecular weight excluding hydrogens is 234 g/mol. The summed E-state index contributed by atoms with van der Waals surface area (Å²) in [5.74, 6) is -0.0308. The van der Waals surface area contributed by atoms with Crippen molar-refractivity contribution in [1.82, 2.24) is 4.90 Å². The van der Waals surface area contributed by atoms with Crippen LogP contribution in [0.15, 0.2) is 18.2 Å². The molecule has 0 saturated heterocycles. The number of aryl methyl sites for hydroxylation is 1. The van der Waals surface area contributed by atoms with Gasteiger partial charge in [0.05, 0.1) is 6.10 Å². The molecule has 1 amide bonds. The molecule has 1 atom stereocenters. The minimum Gasteiger partial charge on any atom is -0.393 e. The fourth-order valence-corrected chi connectivity index (χ4v) is 2.09. The molecule has 1 unspecified atom stereocenters. The van der Waals surface area contributed by atoms with E-state index in [0.29, 0.717) is 13.0 Å². The second kappa shape index (κ2) is 6.57. The Bertz CT molecular complexity index is 396. The first-order valence-corrected chi connectivity index (χ1v) is 6.48. The second-order valence-electron chi connectivity index (χ2n) is 4.18. The molecule has 1 aromatic rings. The van der Waals surface area contributed by atoms with Crippen LogP contribution in [0.3, 0.4) is 0 Å². The molecule has 0 aliphatic carbocycles. The molecule has 0 spiro atoms. The van der Waals surface area contributed by atoms with Crippen LogP contribution in [0.1, 0.15) is 23.1 Å². The van der Waals surface area contributed by atoms with Gasteiger partial charge in [0.25, 0.3) is 0 Å². The van der Waals surface area contributed by atoms with E-state index in [1.807, 2.05) is 25.1 Å². The number of amides is 1. The van der Waals surface area contributed by atoms with Crippen LogP contribution < -0.4 is 0 Å². The van der Waals surface area contributed by atoms with E-state index in [4.69, 9.17) is 5.11 Å². The number of aliphatic hydroxyl groups excluding tert-OH is 1. The topological polar surface area (TPSA) is 40.5 Å².